The van der Waals surface area contributed by atoms with Crippen LogP contribution in [-0.2, 0) is 0 Å². The molecule has 4 rings (SSSR count). The first-order chi connectivity index (χ1) is 19.0. The van der Waals surface area contributed by atoms with Crippen LogP contribution < -0.4 is 16.4 Å². The van der Waals surface area contributed by atoms with Gasteiger partial charge in [-0.1, -0.05) is 177 Å². The van der Waals surface area contributed by atoms with Crippen LogP contribution in [0.1, 0.15) is 96.8 Å². The first-order valence-corrected chi connectivity index (χ1v) is 15.0. The third-order valence-electron chi connectivity index (χ3n) is 8.62. The van der Waals surface area contributed by atoms with Crippen molar-refractivity contribution >= 4 is 29.8 Å². The van der Waals surface area contributed by atoms with Crippen LogP contribution in [0.15, 0.2) is 119 Å². The van der Waals surface area contributed by atoms with Crippen molar-refractivity contribution in [1.29, 1.82) is 0 Å². The van der Waals surface area contributed by atoms with E-state index in [0.29, 0.717) is 17.8 Å². The van der Waals surface area contributed by atoms with Gasteiger partial charge >= 0.3 is 0 Å². The highest BCUT2D eigenvalue weighted by molar-refractivity contribution is 6.97. The zero-order chi connectivity index (χ0) is 29.3. The number of allylic oxidation sites excluding steroid dienone is 6. The SMILES string of the molecule is C=C(C)C1=C(C)C(B(c2ccccc2)c2ccccc2)=C(C(=C)C)B1c1c(C(C)C)cc(C(C)C)cc1C(C)C. The lowest BCUT2D eigenvalue weighted by Crippen LogP contribution is -2.46. The average Bonchev–Trinajstić information content (AvgIpc) is 3.21. The maximum absolute atomic E-state index is 4.64. The minimum Gasteiger partial charge on any atom is -0.0966 e. The van der Waals surface area contributed by atoms with Crippen molar-refractivity contribution in [3.8, 4) is 0 Å². The number of hydrogen-bond acceptors (Lipinski definition) is 0. The van der Waals surface area contributed by atoms with Crippen molar-refractivity contribution in [2.75, 3.05) is 0 Å². The average molecular weight is 524 g/mol. The van der Waals surface area contributed by atoms with Gasteiger partial charge in [0.1, 0.15) is 0 Å². The highest BCUT2D eigenvalue weighted by Crippen LogP contribution is 2.41. The van der Waals surface area contributed by atoms with Crippen LogP contribution in [0.3, 0.4) is 0 Å². The molecule has 40 heavy (non-hydrogen) atoms. The van der Waals surface area contributed by atoms with Gasteiger partial charge < -0.3 is 0 Å². The van der Waals surface area contributed by atoms with Crippen molar-refractivity contribution in [2.45, 2.75) is 80.1 Å². The highest BCUT2D eigenvalue weighted by Gasteiger charge is 2.43. The van der Waals surface area contributed by atoms with E-state index in [2.05, 4.69) is 148 Å². The minimum atomic E-state index is 0.119. The van der Waals surface area contributed by atoms with Crippen molar-refractivity contribution in [3.63, 3.8) is 0 Å². The summed E-state index contributed by atoms with van der Waals surface area (Å²) in [6.07, 6.45) is 0. The van der Waals surface area contributed by atoms with E-state index in [1.54, 1.807) is 0 Å². The molecule has 3 aromatic carbocycles. The topological polar surface area (TPSA) is 0 Å². The van der Waals surface area contributed by atoms with Crippen LogP contribution in [0, 0.1) is 0 Å². The van der Waals surface area contributed by atoms with Crippen LogP contribution in [0.25, 0.3) is 0 Å². The Morgan fingerprint density at radius 2 is 1.07 bits per heavy atom. The Bertz CT molecular complexity index is 1400. The molecule has 0 nitrogen and oxygen atoms in total. The fraction of sp³-hybridized carbons (Fsp3) is 0.316. The molecule has 0 fully saturated rings. The van der Waals surface area contributed by atoms with Gasteiger partial charge in [0.15, 0.2) is 0 Å². The van der Waals surface area contributed by atoms with E-state index >= 15 is 0 Å². The van der Waals surface area contributed by atoms with Crippen LogP contribution in [0.4, 0.5) is 0 Å². The molecule has 1 aliphatic rings. The summed E-state index contributed by atoms with van der Waals surface area (Å²) < 4.78 is 0. The van der Waals surface area contributed by atoms with Gasteiger partial charge in [0, 0.05) is 0 Å². The summed E-state index contributed by atoms with van der Waals surface area (Å²) in [5, 5.41) is 0. The first kappa shape index (κ1) is 29.7. The molecule has 0 N–H and O–H groups in total. The zero-order valence-electron chi connectivity index (χ0n) is 26.2. The zero-order valence-corrected chi connectivity index (χ0v) is 26.2. The Morgan fingerprint density at radius 1 is 0.650 bits per heavy atom. The lowest BCUT2D eigenvalue weighted by molar-refractivity contribution is 0.812. The molecule has 0 amide bonds. The van der Waals surface area contributed by atoms with Gasteiger partial charge in [-0.2, -0.15) is 0 Å². The molecular weight excluding hydrogens is 478 g/mol. The predicted octanol–water partition coefficient (Wildman–Crippen LogP) is 8.46. The normalized spacial score (nSPS) is 13.8. The van der Waals surface area contributed by atoms with Gasteiger partial charge in [-0.3, -0.25) is 0 Å². The Morgan fingerprint density at radius 3 is 1.43 bits per heavy atom. The van der Waals surface area contributed by atoms with E-state index in [1.807, 2.05) is 0 Å². The van der Waals surface area contributed by atoms with Crippen molar-refractivity contribution < 1.29 is 0 Å². The van der Waals surface area contributed by atoms with Crippen LogP contribution in [-0.4, -0.2) is 13.4 Å². The quantitative estimate of drug-likeness (QED) is 0.247. The second-order valence-electron chi connectivity index (χ2n) is 12.7. The summed E-state index contributed by atoms with van der Waals surface area (Å²) in [5.74, 6) is 1.30. The van der Waals surface area contributed by atoms with Crippen LogP contribution in [0.5, 0.6) is 0 Å². The van der Waals surface area contributed by atoms with Gasteiger partial charge in [-0.25, -0.2) is 0 Å². The molecule has 0 unspecified atom stereocenters. The summed E-state index contributed by atoms with van der Waals surface area (Å²) in [6, 6.07) is 27.0. The molecule has 0 aromatic heterocycles. The molecule has 0 bridgehead atoms. The summed E-state index contributed by atoms with van der Waals surface area (Å²) in [7, 11) is 0. The van der Waals surface area contributed by atoms with Gasteiger partial charge in [-0.15, -0.1) is 0 Å². The van der Waals surface area contributed by atoms with E-state index < -0.39 is 0 Å². The summed E-state index contributed by atoms with van der Waals surface area (Å²) >= 11 is 0. The third kappa shape index (κ3) is 5.51. The third-order valence-corrected chi connectivity index (χ3v) is 8.62. The molecule has 0 saturated heterocycles. The fourth-order valence-electron chi connectivity index (χ4n) is 6.73. The van der Waals surface area contributed by atoms with Crippen molar-refractivity contribution in [2.24, 2.45) is 0 Å². The number of rotatable bonds is 9. The lowest BCUT2D eigenvalue weighted by atomic mass is 9.30. The highest BCUT2D eigenvalue weighted by atomic mass is 14.3. The molecule has 3 aromatic rings. The Labute approximate surface area is 245 Å². The standard InChI is InChI=1S/C38H46B2/c1-24(2)30-22-33(25(3)4)38(34(23-30)26(5)6)40-35(27(7)8)29(11)37(36(40)28(9)10)39(31-18-14-12-15-19-31)32-20-16-13-17-21-32/h12-26H,7,9H2,1-6,8,10-11H3. The van der Waals surface area contributed by atoms with E-state index in [9.17, 15) is 0 Å². The fourth-order valence-corrected chi connectivity index (χ4v) is 6.73. The van der Waals surface area contributed by atoms with E-state index in [4.69, 9.17) is 0 Å². The predicted molar refractivity (Wildman–Crippen MR) is 181 cm³/mol. The molecule has 1 aliphatic heterocycles. The monoisotopic (exact) mass is 524 g/mol. The largest absolute Gasteiger partial charge is 0.242 e. The minimum absolute atomic E-state index is 0.119. The van der Waals surface area contributed by atoms with Gasteiger partial charge in [0.05, 0.1) is 0 Å². The molecule has 0 radical (unpaired) electrons. The molecule has 1 heterocycles. The summed E-state index contributed by atoms with van der Waals surface area (Å²) in [4.78, 5) is 0. The molecule has 0 aliphatic carbocycles. The molecular formula is C38H46B2. The van der Waals surface area contributed by atoms with Crippen molar-refractivity contribution in [3.05, 3.63) is 136 Å². The second-order valence-corrected chi connectivity index (χ2v) is 12.7. The van der Waals surface area contributed by atoms with Gasteiger partial charge in [-0.05, 0) is 55.2 Å². The first-order valence-electron chi connectivity index (χ1n) is 15.0. The molecule has 204 valence electrons. The van der Waals surface area contributed by atoms with Gasteiger partial charge in [0.25, 0.3) is 0 Å². The number of benzene rings is 3. The van der Waals surface area contributed by atoms with E-state index in [0.717, 1.165) is 11.1 Å². The molecule has 0 atom stereocenters. The van der Waals surface area contributed by atoms with Crippen molar-refractivity contribution in [1.82, 2.24) is 0 Å². The summed E-state index contributed by atoms with van der Waals surface area (Å²) in [5.41, 5.74) is 16.2. The molecule has 0 spiro atoms. The summed E-state index contributed by atoms with van der Waals surface area (Å²) in [6.45, 7) is 30.2. The lowest BCUT2D eigenvalue weighted by Gasteiger charge is -2.29. The number of hydrogen-bond donors (Lipinski definition) is 0. The van der Waals surface area contributed by atoms with E-state index in [1.165, 1.54) is 55.1 Å². The maximum Gasteiger partial charge on any atom is 0.242 e. The van der Waals surface area contributed by atoms with Crippen LogP contribution >= 0.6 is 0 Å². The van der Waals surface area contributed by atoms with Gasteiger partial charge in [0.2, 0.25) is 13.4 Å². The maximum atomic E-state index is 4.64. The second kappa shape index (κ2) is 12.1. The smallest absolute Gasteiger partial charge is 0.0966 e. The Hall–Kier alpha value is -3.25. The Kier molecular flexibility index (Phi) is 8.99. The molecule has 0 saturated carbocycles. The Balaban J connectivity index is 2.16. The van der Waals surface area contributed by atoms with Crippen LogP contribution in [0.2, 0.25) is 0 Å². The molecule has 2 heteroatoms. The van der Waals surface area contributed by atoms with E-state index in [-0.39, 0.29) is 13.4 Å².